The number of hydrogen-bond donors (Lipinski definition) is 0. The average molecular weight is 559 g/mol. The van der Waals surface area contributed by atoms with Crippen LogP contribution in [0.3, 0.4) is 0 Å². The van der Waals surface area contributed by atoms with Crippen molar-refractivity contribution in [2.24, 2.45) is 23.7 Å². The monoisotopic (exact) mass is 558 g/mol. The minimum Gasteiger partial charge on any atom is -0.469 e. The van der Waals surface area contributed by atoms with Gasteiger partial charge in [0.1, 0.15) is 18.0 Å². The first-order valence-corrected chi connectivity index (χ1v) is 16.4. The highest BCUT2D eigenvalue weighted by atomic mass is 32.2. The van der Waals surface area contributed by atoms with Crippen molar-refractivity contribution in [1.29, 1.82) is 0 Å². The highest BCUT2D eigenvalue weighted by Gasteiger charge is 2.65. The Balaban J connectivity index is 1.68. The second-order valence-electron chi connectivity index (χ2n) is 10.3. The maximum absolute atomic E-state index is 12.7. The van der Waals surface area contributed by atoms with E-state index in [1.165, 1.54) is 7.11 Å². The summed E-state index contributed by atoms with van der Waals surface area (Å²) in [5.41, 5.74) is 0.971. The number of aryl methyl sites for hydroxylation is 1. The van der Waals surface area contributed by atoms with Crippen molar-refractivity contribution in [1.82, 2.24) is 0 Å². The molecule has 11 heteroatoms. The first kappa shape index (κ1) is 29.7. The molecule has 1 aromatic carbocycles. The van der Waals surface area contributed by atoms with E-state index < -0.39 is 32.4 Å². The van der Waals surface area contributed by atoms with E-state index in [4.69, 9.17) is 8.37 Å². The second kappa shape index (κ2) is 12.8. The Morgan fingerprint density at radius 2 is 1.62 bits per heavy atom. The largest absolute Gasteiger partial charge is 0.469 e. The first-order valence-electron chi connectivity index (χ1n) is 12.8. The van der Waals surface area contributed by atoms with Gasteiger partial charge in [-0.25, -0.2) is 0 Å². The highest BCUT2D eigenvalue weighted by molar-refractivity contribution is 7.86. The van der Waals surface area contributed by atoms with Gasteiger partial charge in [0.25, 0.3) is 20.2 Å². The molecule has 0 bridgehead atoms. The fourth-order valence-corrected chi connectivity index (χ4v) is 7.10. The van der Waals surface area contributed by atoms with Crippen molar-refractivity contribution >= 4 is 32.0 Å². The smallest absolute Gasteiger partial charge is 0.305 e. The molecule has 0 aliphatic heterocycles. The normalized spacial score (nSPS) is 24.9. The van der Waals surface area contributed by atoms with Gasteiger partial charge in [-0.2, -0.15) is 16.8 Å². The highest BCUT2D eigenvalue weighted by Crippen LogP contribution is 2.63. The molecule has 5 unspecified atom stereocenters. The van der Waals surface area contributed by atoms with E-state index in [1.54, 1.807) is 0 Å². The number of hydrogen-bond acceptors (Lipinski definition) is 9. The summed E-state index contributed by atoms with van der Waals surface area (Å²) < 4.78 is 64.2. The molecule has 2 fully saturated rings. The van der Waals surface area contributed by atoms with Gasteiger partial charge in [0.15, 0.2) is 0 Å². The molecular weight excluding hydrogens is 520 g/mol. The van der Waals surface area contributed by atoms with Crippen LogP contribution in [-0.4, -0.2) is 60.4 Å². The van der Waals surface area contributed by atoms with Gasteiger partial charge in [0.2, 0.25) is 0 Å². The van der Waals surface area contributed by atoms with E-state index in [1.807, 2.05) is 30.3 Å². The molecule has 1 aromatic rings. The summed E-state index contributed by atoms with van der Waals surface area (Å²) in [6, 6.07) is 9.46. The Morgan fingerprint density at radius 1 is 0.973 bits per heavy atom. The van der Waals surface area contributed by atoms with Gasteiger partial charge >= 0.3 is 5.97 Å². The molecule has 0 spiro atoms. The topological polar surface area (TPSA) is 130 Å². The fourth-order valence-electron chi connectivity index (χ4n) is 5.79. The minimum absolute atomic E-state index is 0.0361. The molecule has 6 atom stereocenters. The first-order chi connectivity index (χ1) is 17.4. The second-order valence-corrected chi connectivity index (χ2v) is 13.5. The number of fused-ring (bicyclic) bond motifs is 1. The zero-order valence-electron chi connectivity index (χ0n) is 21.7. The molecule has 208 valence electrons. The number of ketones is 1. The number of rotatable bonds is 16. The van der Waals surface area contributed by atoms with Crippen LogP contribution in [0, 0.1) is 23.7 Å². The van der Waals surface area contributed by atoms with Gasteiger partial charge < -0.3 is 4.74 Å². The molecule has 0 N–H and O–H groups in total. The van der Waals surface area contributed by atoms with Gasteiger partial charge in [-0.3, -0.25) is 18.0 Å². The zero-order valence-corrected chi connectivity index (χ0v) is 23.3. The summed E-state index contributed by atoms with van der Waals surface area (Å²) in [5.74, 6) is -0.607. The molecule has 0 radical (unpaired) electrons. The number of Topliss-reactive ketones (excluding diaryl/α,β-unsaturated/α-hetero) is 1. The van der Waals surface area contributed by atoms with Gasteiger partial charge in [-0.1, -0.05) is 49.6 Å². The Bertz CT molecular complexity index is 1130. The summed E-state index contributed by atoms with van der Waals surface area (Å²) in [6.07, 6.45) is 5.35. The maximum Gasteiger partial charge on any atom is 0.305 e. The van der Waals surface area contributed by atoms with Gasteiger partial charge in [0.05, 0.1) is 19.6 Å². The standard InChI is InChI=1S/C26H38O9S2/c1-33-23(28)14-10-5-4-9-13-19-21(27)17-20-24(19)25(20)26(35-37(3,31)32)22(34-36(2,29)30)16-15-18-11-7-6-8-12-18/h6-8,11-12,19-20,22,24-26H,4-5,9-10,13-17H2,1-3H3/t19-,20?,22?,24?,25?,26?/m1/s1. The number of carbonyl (C=O) groups is 2. The quantitative estimate of drug-likeness (QED) is 0.170. The molecule has 2 aliphatic carbocycles. The number of carbonyl (C=O) groups excluding carboxylic acids is 2. The van der Waals surface area contributed by atoms with E-state index in [0.29, 0.717) is 25.7 Å². The molecule has 0 heterocycles. The lowest BCUT2D eigenvalue weighted by Gasteiger charge is -2.28. The lowest BCUT2D eigenvalue weighted by atomic mass is 9.89. The molecule has 0 amide bonds. The number of methoxy groups -OCH3 is 1. The van der Waals surface area contributed by atoms with E-state index >= 15 is 0 Å². The Kier molecular flexibility index (Phi) is 10.3. The van der Waals surface area contributed by atoms with Crippen LogP contribution in [0.5, 0.6) is 0 Å². The van der Waals surface area contributed by atoms with Crippen LogP contribution in [-0.2, 0) is 49.3 Å². The van der Waals surface area contributed by atoms with Crippen molar-refractivity contribution in [2.75, 3.05) is 19.6 Å². The van der Waals surface area contributed by atoms with Gasteiger partial charge in [-0.15, -0.1) is 0 Å². The van der Waals surface area contributed by atoms with Crippen LogP contribution in [0.2, 0.25) is 0 Å². The number of ether oxygens (including phenoxy) is 1. The molecular formula is C26H38O9S2. The summed E-state index contributed by atoms with van der Waals surface area (Å²) in [7, 11) is -6.43. The summed E-state index contributed by atoms with van der Waals surface area (Å²) >= 11 is 0. The van der Waals surface area contributed by atoms with E-state index in [9.17, 15) is 26.4 Å². The van der Waals surface area contributed by atoms with Crippen LogP contribution < -0.4 is 0 Å². The molecule has 9 nitrogen and oxygen atoms in total. The van der Waals surface area contributed by atoms with Crippen LogP contribution in [0.4, 0.5) is 0 Å². The van der Waals surface area contributed by atoms with Crippen molar-refractivity contribution in [3.8, 4) is 0 Å². The lowest BCUT2D eigenvalue weighted by Crippen LogP contribution is -2.39. The van der Waals surface area contributed by atoms with Crippen molar-refractivity contribution < 1.29 is 39.5 Å². The molecule has 2 aliphatic rings. The number of unbranched alkanes of at least 4 members (excludes halogenated alkanes) is 3. The summed E-state index contributed by atoms with van der Waals surface area (Å²) in [4.78, 5) is 23.9. The third-order valence-corrected chi connectivity index (χ3v) is 8.54. The minimum atomic E-state index is -3.91. The molecule has 2 saturated carbocycles. The number of esters is 1. The Hall–Kier alpha value is -1.82. The predicted molar refractivity (Wildman–Crippen MR) is 137 cm³/mol. The third kappa shape index (κ3) is 9.15. The molecule has 37 heavy (non-hydrogen) atoms. The predicted octanol–water partition coefficient (Wildman–Crippen LogP) is 3.27. The fraction of sp³-hybridized carbons (Fsp3) is 0.692. The third-order valence-electron chi connectivity index (χ3n) is 7.37. The van der Waals surface area contributed by atoms with Crippen LogP contribution in [0.15, 0.2) is 30.3 Å². The molecule has 0 aromatic heterocycles. The Morgan fingerprint density at radius 3 is 2.24 bits per heavy atom. The maximum atomic E-state index is 12.7. The van der Waals surface area contributed by atoms with Gasteiger partial charge in [-0.05, 0) is 49.0 Å². The molecule has 0 saturated heterocycles. The SMILES string of the molecule is COC(=O)CCCCCC[C@@H]1C(=O)CC2C(C(OS(C)(=O)=O)C(CCc3ccccc3)OS(C)(=O)=O)C21. The Labute approximate surface area is 220 Å². The van der Waals surface area contributed by atoms with Crippen molar-refractivity contribution in [3.63, 3.8) is 0 Å². The molecule has 3 rings (SSSR count). The number of benzene rings is 1. The van der Waals surface area contributed by atoms with E-state index in [0.717, 1.165) is 43.8 Å². The van der Waals surface area contributed by atoms with Crippen LogP contribution in [0.25, 0.3) is 0 Å². The summed E-state index contributed by atoms with van der Waals surface area (Å²) in [5, 5.41) is 0. The average Bonchev–Trinajstić information content (AvgIpc) is 3.40. The van der Waals surface area contributed by atoms with Crippen molar-refractivity contribution in [3.05, 3.63) is 35.9 Å². The van der Waals surface area contributed by atoms with Crippen LogP contribution in [0.1, 0.15) is 56.9 Å². The van der Waals surface area contributed by atoms with E-state index in [-0.39, 0.29) is 41.8 Å². The van der Waals surface area contributed by atoms with Gasteiger partial charge in [0, 0.05) is 18.8 Å². The zero-order chi connectivity index (χ0) is 27.2. The lowest BCUT2D eigenvalue weighted by molar-refractivity contribution is -0.140. The summed E-state index contributed by atoms with van der Waals surface area (Å²) in [6.45, 7) is 0. The van der Waals surface area contributed by atoms with Crippen molar-refractivity contribution in [2.45, 2.75) is 70.0 Å². The van der Waals surface area contributed by atoms with Crippen LogP contribution >= 0.6 is 0 Å². The van der Waals surface area contributed by atoms with E-state index in [2.05, 4.69) is 4.74 Å².